The van der Waals surface area contributed by atoms with E-state index in [0.29, 0.717) is 5.04 Å². The van der Waals surface area contributed by atoms with Crippen molar-refractivity contribution in [3.05, 3.63) is 16.9 Å². The molecule has 2 heteroatoms. The van der Waals surface area contributed by atoms with Crippen LogP contribution in [0.3, 0.4) is 0 Å². The van der Waals surface area contributed by atoms with E-state index in [9.17, 15) is 0 Å². The highest BCUT2D eigenvalue weighted by Crippen LogP contribution is 2.11. The molecule has 0 aromatic heterocycles. The van der Waals surface area contributed by atoms with Crippen LogP contribution in [0.4, 0.5) is 0 Å². The molecule has 0 aromatic rings. The van der Waals surface area contributed by atoms with Crippen LogP contribution in [-0.4, -0.2) is 5.04 Å². The summed E-state index contributed by atoms with van der Waals surface area (Å²) in [5, 5.41) is 8.90. The Hall–Kier alpha value is -0.240. The number of rotatable bonds is 1. The highest BCUT2D eigenvalue weighted by Gasteiger charge is 1.77. The van der Waals surface area contributed by atoms with Crippen molar-refractivity contribution in [3.63, 3.8) is 0 Å². The zero-order valence-corrected chi connectivity index (χ0v) is 5.38. The third-order valence-corrected chi connectivity index (χ3v) is 0.966. The van der Waals surface area contributed by atoms with E-state index >= 15 is 0 Å². The third-order valence-electron chi connectivity index (χ3n) is 0.322. The van der Waals surface area contributed by atoms with E-state index in [1.807, 2.05) is 6.92 Å². The van der Waals surface area contributed by atoms with Gasteiger partial charge in [0.15, 0.2) is 0 Å². The number of thioether (sulfide) groups is 1. The maximum Gasteiger partial charge on any atom is -0.0227 e. The van der Waals surface area contributed by atoms with Crippen molar-refractivity contribution in [3.8, 4) is 0 Å². The maximum absolute atomic E-state index is 8.54. The predicted octanol–water partition coefficient (Wildman–Crippen LogP) is 2.24. The molecule has 0 fully saturated rings. The summed E-state index contributed by atoms with van der Waals surface area (Å²) in [6.07, 6.45) is 0. The molecule has 0 aromatic carbocycles. The Morgan fingerprint density at radius 3 is 2.00 bits per heavy atom. The van der Waals surface area contributed by atoms with Gasteiger partial charge in [-0.05, 0) is 11.8 Å². The van der Waals surface area contributed by atoms with Gasteiger partial charge in [-0.25, -0.2) is 0 Å². The van der Waals surface area contributed by atoms with Crippen LogP contribution in [0.1, 0.15) is 13.8 Å². The van der Waals surface area contributed by atoms with Crippen LogP contribution in [0.5, 0.6) is 0 Å². The van der Waals surface area contributed by atoms with E-state index in [2.05, 4.69) is 6.58 Å². The molecule has 0 heterocycles. The van der Waals surface area contributed by atoms with Crippen molar-refractivity contribution in [1.29, 1.82) is 0 Å². The van der Waals surface area contributed by atoms with Crippen LogP contribution in [0.2, 0.25) is 0 Å². The molecule has 7 heavy (non-hydrogen) atoms. The average molecular weight is 114 g/mol. The Balaban J connectivity index is 3.32. The van der Waals surface area contributed by atoms with Crippen molar-refractivity contribution in [2.24, 2.45) is 0 Å². The summed E-state index contributed by atoms with van der Waals surface area (Å²) >= 11 is 1.29. The average Bonchev–Trinajstić information content (AvgIpc) is 1.27. The molecule has 1 nitrogen and oxygen atoms in total. The fourth-order valence-electron chi connectivity index (χ4n) is 0.252. The summed E-state index contributed by atoms with van der Waals surface area (Å²) in [6.45, 7) is 7.07. The second-order valence-electron chi connectivity index (χ2n) is 1.32. The van der Waals surface area contributed by atoms with Gasteiger partial charge in [-0.2, -0.15) is 0 Å². The van der Waals surface area contributed by atoms with Crippen LogP contribution >= 0.6 is 11.8 Å². The molecule has 40 valence electrons. The molecule has 0 aliphatic carbocycles. The minimum Gasteiger partial charge on any atom is -0.802 e. The Morgan fingerprint density at radius 2 is 2.00 bits per heavy atom. The molecule has 0 radical (unpaired) electrons. The minimum absolute atomic E-state index is 0.354. The highest BCUT2D eigenvalue weighted by atomic mass is 32.2. The van der Waals surface area contributed by atoms with Gasteiger partial charge in [-0.15, -0.1) is 16.8 Å². The largest absolute Gasteiger partial charge is 0.802 e. The summed E-state index contributed by atoms with van der Waals surface area (Å²) in [7, 11) is 0. The summed E-state index contributed by atoms with van der Waals surface area (Å²) in [6, 6.07) is 0. The molecule has 0 unspecified atom stereocenters. The van der Waals surface area contributed by atoms with Crippen LogP contribution in [0.15, 0.2) is 11.5 Å². The Bertz CT molecular complexity index is 84.3. The van der Waals surface area contributed by atoms with Gasteiger partial charge in [0.1, 0.15) is 0 Å². The predicted molar refractivity (Wildman–Crippen MR) is 36.4 cm³/mol. The van der Waals surface area contributed by atoms with E-state index in [4.69, 9.17) is 5.41 Å². The lowest BCUT2D eigenvalue weighted by molar-refractivity contribution is 1.74. The van der Waals surface area contributed by atoms with E-state index < -0.39 is 0 Å². The zero-order chi connectivity index (χ0) is 5.86. The van der Waals surface area contributed by atoms with Gasteiger partial charge < -0.3 is 5.41 Å². The van der Waals surface area contributed by atoms with Crippen LogP contribution in [0, 0.1) is 0 Å². The molecule has 0 atom stereocenters. The quantitative estimate of drug-likeness (QED) is 0.378. The zero-order valence-electron chi connectivity index (χ0n) is 4.56. The van der Waals surface area contributed by atoms with Crippen molar-refractivity contribution in [1.82, 2.24) is 0 Å². The lowest BCUT2D eigenvalue weighted by Gasteiger charge is -2.01. The third kappa shape index (κ3) is 5.76. The minimum atomic E-state index is 0.354. The van der Waals surface area contributed by atoms with Gasteiger partial charge >= 0.3 is 0 Å². The van der Waals surface area contributed by atoms with Gasteiger partial charge in [0.2, 0.25) is 0 Å². The highest BCUT2D eigenvalue weighted by molar-refractivity contribution is 8.17. The molecule has 0 saturated carbocycles. The van der Waals surface area contributed by atoms with Gasteiger partial charge in [-0.1, -0.05) is 13.5 Å². The van der Waals surface area contributed by atoms with Crippen molar-refractivity contribution < 1.29 is 0 Å². The van der Waals surface area contributed by atoms with E-state index in [1.54, 1.807) is 6.92 Å². The smallest absolute Gasteiger partial charge is 0.0227 e. The topological polar surface area (TPSA) is 22.3 Å². The van der Waals surface area contributed by atoms with Gasteiger partial charge in [0.25, 0.3) is 0 Å². The molecule has 0 N–H and O–H groups in total. The molecule has 0 spiro atoms. The first-order valence-electron chi connectivity index (χ1n) is 1.99. The second kappa shape index (κ2) is 2.86. The fourth-order valence-corrected chi connectivity index (χ4v) is 0.756. The summed E-state index contributed by atoms with van der Waals surface area (Å²) < 4.78 is 0. The number of nitrogens with zero attached hydrogens (tertiary/aromatic N) is 1. The molecule has 0 saturated heterocycles. The van der Waals surface area contributed by atoms with E-state index in [1.165, 1.54) is 11.8 Å². The number of allylic oxidation sites excluding steroid dienone is 1. The molecule has 0 aliphatic rings. The van der Waals surface area contributed by atoms with Gasteiger partial charge in [0.05, 0.1) is 0 Å². The lowest BCUT2D eigenvalue weighted by Crippen LogP contribution is -1.74. The van der Waals surface area contributed by atoms with E-state index in [0.717, 1.165) is 4.91 Å². The molecule has 0 amide bonds. The van der Waals surface area contributed by atoms with Gasteiger partial charge in [0, 0.05) is 0 Å². The first-order valence-corrected chi connectivity index (χ1v) is 2.80. The number of hydrogen-bond acceptors (Lipinski definition) is 1. The first-order chi connectivity index (χ1) is 3.13. The molecule has 0 bridgehead atoms. The normalized spacial score (nSPS) is 8.29. The van der Waals surface area contributed by atoms with Crippen LogP contribution in [0.25, 0.3) is 5.41 Å². The SMILES string of the molecule is C=C(C)SC(C)=[N-]. The molecule has 0 aliphatic heterocycles. The standard InChI is InChI=1S/C5H8NS/c1-4(2)7-5(3)6/h1H2,2-3H3/q-1. The second-order valence-corrected chi connectivity index (χ2v) is 2.81. The van der Waals surface area contributed by atoms with Crippen LogP contribution < -0.4 is 0 Å². The monoisotopic (exact) mass is 114 g/mol. The fraction of sp³-hybridized carbons (Fsp3) is 0.400. The van der Waals surface area contributed by atoms with Crippen molar-refractivity contribution in [2.45, 2.75) is 13.8 Å². The Morgan fingerprint density at radius 1 is 1.57 bits per heavy atom. The van der Waals surface area contributed by atoms with Gasteiger partial charge in [-0.3, -0.25) is 0 Å². The molecular weight excluding hydrogens is 106 g/mol. The Kier molecular flexibility index (Phi) is 2.76. The summed E-state index contributed by atoms with van der Waals surface area (Å²) in [5.41, 5.74) is 0. The number of hydrogen-bond donors (Lipinski definition) is 0. The maximum atomic E-state index is 8.54. The Labute approximate surface area is 48.3 Å². The summed E-state index contributed by atoms with van der Waals surface area (Å²) in [5.74, 6) is 0. The molecule has 0 rings (SSSR count). The van der Waals surface area contributed by atoms with Crippen molar-refractivity contribution >= 4 is 16.8 Å². The molecular formula is C5H8NS-. The lowest BCUT2D eigenvalue weighted by atomic mass is 10.8. The van der Waals surface area contributed by atoms with E-state index in [-0.39, 0.29) is 0 Å². The van der Waals surface area contributed by atoms with Crippen molar-refractivity contribution in [2.75, 3.05) is 0 Å². The summed E-state index contributed by atoms with van der Waals surface area (Å²) in [4.78, 5) is 0.917. The first kappa shape index (κ1) is 6.76. The van der Waals surface area contributed by atoms with Crippen LogP contribution in [-0.2, 0) is 0 Å².